The average molecular weight is 462 g/mol. The number of fused-ring (bicyclic) bond motifs is 1. The molecule has 2 aromatic carbocycles. The van der Waals surface area contributed by atoms with Gasteiger partial charge in [0.05, 0.1) is 17.1 Å². The molecule has 172 valence electrons. The number of halogens is 1. The van der Waals surface area contributed by atoms with Crippen LogP contribution in [0.3, 0.4) is 0 Å². The maximum Gasteiger partial charge on any atom is 0.163 e. The Bertz CT molecular complexity index is 1050. The summed E-state index contributed by atoms with van der Waals surface area (Å²) in [7, 11) is 0. The second-order valence-electron chi connectivity index (χ2n) is 8.24. The van der Waals surface area contributed by atoms with Gasteiger partial charge >= 0.3 is 0 Å². The van der Waals surface area contributed by atoms with Crippen molar-refractivity contribution in [3.63, 3.8) is 0 Å². The molecule has 1 aliphatic rings. The van der Waals surface area contributed by atoms with Gasteiger partial charge in [-0.05, 0) is 42.0 Å². The van der Waals surface area contributed by atoms with Crippen LogP contribution in [0.1, 0.15) is 29.3 Å². The number of ether oxygens (including phenoxy) is 1. The zero-order chi connectivity index (χ0) is 22.8. The summed E-state index contributed by atoms with van der Waals surface area (Å²) in [5.41, 5.74) is 3.86. The number of hydrogen-bond acceptors (Lipinski definition) is 6. The third-order valence-electron chi connectivity index (χ3n) is 6.07. The Morgan fingerprint density at radius 2 is 1.62 bits per heavy atom. The van der Waals surface area contributed by atoms with Gasteiger partial charge in [0, 0.05) is 18.2 Å². The smallest absolute Gasteiger partial charge is 0.163 e. The molecule has 0 bridgehead atoms. The van der Waals surface area contributed by atoms with Crippen LogP contribution in [-0.2, 0) is 17.6 Å². The number of hydrogen-bond donors (Lipinski definition) is 5. The highest BCUT2D eigenvalue weighted by Gasteiger charge is 2.44. The van der Waals surface area contributed by atoms with E-state index in [0.717, 1.165) is 34.9 Å². The Labute approximate surface area is 191 Å². The summed E-state index contributed by atoms with van der Waals surface area (Å²) < 4.78 is 7.44. The monoisotopic (exact) mass is 461 g/mol. The van der Waals surface area contributed by atoms with E-state index in [2.05, 4.69) is 12.1 Å². The van der Waals surface area contributed by atoms with Crippen LogP contribution in [0.5, 0.6) is 0 Å². The lowest BCUT2D eigenvalue weighted by atomic mass is 9.98. The van der Waals surface area contributed by atoms with Gasteiger partial charge in [-0.15, -0.1) is 0 Å². The van der Waals surface area contributed by atoms with Crippen molar-refractivity contribution >= 4 is 22.5 Å². The van der Waals surface area contributed by atoms with Crippen molar-refractivity contribution in [2.75, 3.05) is 13.2 Å². The maximum atomic E-state index is 10.6. The highest BCUT2D eigenvalue weighted by Crippen LogP contribution is 2.36. The molecule has 0 radical (unpaired) electrons. The molecular weight excluding hydrogens is 434 g/mol. The molecule has 8 heteroatoms. The SMILES string of the molecule is OCCCc1ccc(Cc2cn([C@@H]3O[C@H](CO)[C@@H](O)[C@H](O)[C@H]3O)c3c(Cl)cccc23)cc1. The number of aryl methyl sites for hydroxylation is 1. The first-order valence-corrected chi connectivity index (χ1v) is 11.1. The highest BCUT2D eigenvalue weighted by atomic mass is 35.5. The lowest BCUT2D eigenvalue weighted by Gasteiger charge is -2.40. The van der Waals surface area contributed by atoms with Crippen LogP contribution < -0.4 is 0 Å². The molecule has 0 spiro atoms. The fourth-order valence-electron chi connectivity index (χ4n) is 4.32. The Morgan fingerprint density at radius 1 is 0.906 bits per heavy atom. The summed E-state index contributed by atoms with van der Waals surface area (Å²) in [5.74, 6) is 0. The van der Waals surface area contributed by atoms with Crippen molar-refractivity contribution in [3.8, 4) is 0 Å². The van der Waals surface area contributed by atoms with Crippen LogP contribution in [0, 0.1) is 0 Å². The number of rotatable bonds is 7. The van der Waals surface area contributed by atoms with E-state index in [4.69, 9.17) is 21.4 Å². The minimum Gasteiger partial charge on any atom is -0.396 e. The molecule has 0 unspecified atom stereocenters. The van der Waals surface area contributed by atoms with Crippen LogP contribution >= 0.6 is 11.6 Å². The van der Waals surface area contributed by atoms with Crippen molar-refractivity contribution in [1.82, 2.24) is 4.57 Å². The van der Waals surface area contributed by atoms with E-state index in [-0.39, 0.29) is 6.61 Å². The molecule has 32 heavy (non-hydrogen) atoms. The summed E-state index contributed by atoms with van der Waals surface area (Å²) in [4.78, 5) is 0. The molecule has 5 N–H and O–H groups in total. The number of aliphatic hydroxyl groups is 5. The number of aromatic nitrogens is 1. The molecule has 2 heterocycles. The fraction of sp³-hybridized carbons (Fsp3) is 0.417. The van der Waals surface area contributed by atoms with E-state index in [1.165, 1.54) is 0 Å². The quantitative estimate of drug-likeness (QED) is 0.366. The van der Waals surface area contributed by atoms with E-state index < -0.39 is 37.3 Å². The van der Waals surface area contributed by atoms with Crippen LogP contribution in [0.15, 0.2) is 48.7 Å². The van der Waals surface area contributed by atoms with Gasteiger partial charge < -0.3 is 34.8 Å². The first-order valence-electron chi connectivity index (χ1n) is 10.7. The van der Waals surface area contributed by atoms with Crippen LogP contribution in [-0.4, -0.2) is 67.7 Å². The van der Waals surface area contributed by atoms with E-state index in [9.17, 15) is 20.4 Å². The van der Waals surface area contributed by atoms with Crippen molar-refractivity contribution in [2.45, 2.75) is 49.9 Å². The Balaban J connectivity index is 1.69. The standard InChI is InChI=1S/C24H28ClNO6/c25-18-5-1-4-17-16(11-15-8-6-14(7-9-15)3-2-10-27)12-26(20(17)18)24-23(31)22(30)21(29)19(13-28)32-24/h1,4-9,12,19,21-24,27-31H,2-3,10-11,13H2/t19-,21-,22+,23-,24-/m1/s1. The predicted octanol–water partition coefficient (Wildman–Crippen LogP) is 1.78. The number of benzene rings is 2. The molecule has 1 fully saturated rings. The molecule has 0 saturated carbocycles. The lowest BCUT2D eigenvalue weighted by Crippen LogP contribution is -2.56. The van der Waals surface area contributed by atoms with Crippen molar-refractivity contribution in [3.05, 3.63) is 70.4 Å². The zero-order valence-corrected chi connectivity index (χ0v) is 18.3. The topological polar surface area (TPSA) is 115 Å². The Morgan fingerprint density at radius 3 is 2.31 bits per heavy atom. The molecule has 0 aliphatic carbocycles. The fourth-order valence-corrected chi connectivity index (χ4v) is 4.59. The lowest BCUT2D eigenvalue weighted by molar-refractivity contribution is -0.250. The third kappa shape index (κ3) is 4.43. The summed E-state index contributed by atoms with van der Waals surface area (Å²) in [5, 5.41) is 50.9. The zero-order valence-electron chi connectivity index (χ0n) is 17.5. The molecule has 7 nitrogen and oxygen atoms in total. The summed E-state index contributed by atoms with van der Waals surface area (Å²) in [6.45, 7) is -0.330. The molecule has 1 saturated heterocycles. The molecule has 3 aromatic rings. The second-order valence-corrected chi connectivity index (χ2v) is 8.64. The second kappa shape index (κ2) is 9.89. The summed E-state index contributed by atoms with van der Waals surface area (Å²) >= 11 is 6.51. The number of aliphatic hydroxyl groups excluding tert-OH is 5. The van der Waals surface area contributed by atoms with Crippen molar-refractivity contribution in [1.29, 1.82) is 0 Å². The normalized spacial score (nSPS) is 26.0. The molecule has 5 atom stereocenters. The first-order chi connectivity index (χ1) is 15.4. The molecule has 1 aromatic heterocycles. The summed E-state index contributed by atoms with van der Waals surface area (Å²) in [6, 6.07) is 13.7. The molecule has 0 amide bonds. The van der Waals surface area contributed by atoms with Crippen molar-refractivity contribution in [2.24, 2.45) is 0 Å². The molecule has 4 rings (SSSR count). The van der Waals surface area contributed by atoms with Gasteiger partial charge in [0.25, 0.3) is 0 Å². The minimum atomic E-state index is -1.47. The van der Waals surface area contributed by atoms with Gasteiger partial charge in [0.1, 0.15) is 24.4 Å². The average Bonchev–Trinajstić information content (AvgIpc) is 3.16. The van der Waals surface area contributed by atoms with Crippen molar-refractivity contribution < 1.29 is 30.3 Å². The highest BCUT2D eigenvalue weighted by molar-refractivity contribution is 6.35. The van der Waals surface area contributed by atoms with Gasteiger partial charge in [-0.1, -0.05) is 48.0 Å². The number of nitrogens with zero attached hydrogens (tertiary/aromatic N) is 1. The van der Waals surface area contributed by atoms with Gasteiger partial charge in [0.15, 0.2) is 6.23 Å². The Hall–Kier alpha value is -1.97. The number of para-hydroxylation sites is 1. The first kappa shape index (κ1) is 23.2. The van der Waals surface area contributed by atoms with Crippen LogP contribution in [0.25, 0.3) is 10.9 Å². The third-order valence-corrected chi connectivity index (χ3v) is 6.37. The Kier molecular flexibility index (Phi) is 7.17. The largest absolute Gasteiger partial charge is 0.396 e. The summed E-state index contributed by atoms with van der Waals surface area (Å²) in [6.07, 6.45) is -2.33. The molecule has 1 aliphatic heterocycles. The maximum absolute atomic E-state index is 10.6. The van der Waals surface area contributed by atoms with Gasteiger partial charge in [-0.25, -0.2) is 0 Å². The van der Waals surface area contributed by atoms with Gasteiger partial charge in [-0.2, -0.15) is 0 Å². The van der Waals surface area contributed by atoms with E-state index in [0.29, 0.717) is 17.0 Å². The van der Waals surface area contributed by atoms with E-state index in [1.807, 2.05) is 30.5 Å². The van der Waals surface area contributed by atoms with Gasteiger partial charge in [-0.3, -0.25) is 0 Å². The van der Waals surface area contributed by atoms with Crippen LogP contribution in [0.4, 0.5) is 0 Å². The minimum absolute atomic E-state index is 0.167. The predicted molar refractivity (Wildman–Crippen MR) is 121 cm³/mol. The van der Waals surface area contributed by atoms with Gasteiger partial charge in [0.2, 0.25) is 0 Å². The molecular formula is C24H28ClNO6. The van der Waals surface area contributed by atoms with Crippen LogP contribution in [0.2, 0.25) is 5.02 Å². The van der Waals surface area contributed by atoms with E-state index in [1.54, 1.807) is 10.6 Å². The van der Waals surface area contributed by atoms with E-state index >= 15 is 0 Å².